The van der Waals surface area contributed by atoms with Crippen LogP contribution in [0.25, 0.3) is 21.3 Å². The van der Waals surface area contributed by atoms with Gasteiger partial charge in [0.15, 0.2) is 0 Å². The number of aromatic amines is 1. The van der Waals surface area contributed by atoms with Crippen molar-refractivity contribution in [3.63, 3.8) is 0 Å². The topological polar surface area (TPSA) is 45.8 Å². The highest BCUT2D eigenvalue weighted by Crippen LogP contribution is 2.33. The Morgan fingerprint density at radius 1 is 1.39 bits per heavy atom. The number of fused-ring (bicyclic) bond motifs is 1. The Kier molecular flexibility index (Phi) is 2.65. The van der Waals surface area contributed by atoms with E-state index < -0.39 is 5.82 Å². The van der Waals surface area contributed by atoms with Crippen molar-refractivity contribution in [3.05, 3.63) is 51.1 Å². The molecule has 6 heteroatoms. The molecule has 2 heterocycles. The molecule has 0 aliphatic heterocycles. The predicted molar refractivity (Wildman–Crippen MR) is 70.6 cm³/mol. The van der Waals surface area contributed by atoms with Crippen molar-refractivity contribution < 1.29 is 4.39 Å². The average Bonchev–Trinajstić information content (AvgIpc) is 2.78. The third-order valence-electron chi connectivity index (χ3n) is 2.58. The summed E-state index contributed by atoms with van der Waals surface area (Å²) < 4.78 is 13.4. The quantitative estimate of drug-likeness (QED) is 0.742. The largest absolute Gasteiger partial charge is 0.313 e. The first-order valence-corrected chi connectivity index (χ1v) is 6.33. The Bertz CT molecular complexity index is 796. The molecule has 2 aromatic heterocycles. The highest BCUT2D eigenvalue weighted by Gasteiger charge is 2.12. The fourth-order valence-electron chi connectivity index (χ4n) is 1.75. The van der Waals surface area contributed by atoms with Gasteiger partial charge < -0.3 is 4.98 Å². The van der Waals surface area contributed by atoms with Crippen molar-refractivity contribution in [3.8, 4) is 10.4 Å². The number of hydrogen-bond acceptors (Lipinski definition) is 3. The maximum absolute atomic E-state index is 13.4. The molecule has 1 N–H and O–H groups in total. The molecule has 3 nitrogen and oxygen atoms in total. The molecule has 18 heavy (non-hydrogen) atoms. The van der Waals surface area contributed by atoms with Crippen molar-refractivity contribution in [1.29, 1.82) is 0 Å². The van der Waals surface area contributed by atoms with Crippen LogP contribution in [0.5, 0.6) is 0 Å². The Labute approximate surface area is 110 Å². The van der Waals surface area contributed by atoms with Crippen LogP contribution in [-0.2, 0) is 0 Å². The molecule has 0 atom stereocenters. The lowest BCUT2D eigenvalue weighted by atomic mass is 10.1. The van der Waals surface area contributed by atoms with E-state index in [-0.39, 0.29) is 10.6 Å². The molecule has 3 rings (SSSR count). The van der Waals surface area contributed by atoms with Crippen LogP contribution in [0.4, 0.5) is 4.39 Å². The fourth-order valence-corrected chi connectivity index (χ4v) is 2.85. The van der Waals surface area contributed by atoms with E-state index in [0.29, 0.717) is 21.3 Å². The second-order valence-corrected chi connectivity index (χ2v) is 4.97. The SMILES string of the molecule is O=c1[nH]cnc2csc(-c3ccc(Cl)c(F)c3)c12. The molecule has 0 radical (unpaired) electrons. The molecular weight excluding hydrogens is 275 g/mol. The summed E-state index contributed by atoms with van der Waals surface area (Å²) in [5, 5.41) is 2.31. The van der Waals surface area contributed by atoms with Gasteiger partial charge in [-0.15, -0.1) is 11.3 Å². The summed E-state index contributed by atoms with van der Waals surface area (Å²) in [5.74, 6) is -0.504. The molecule has 0 saturated heterocycles. The number of nitrogens with zero attached hydrogens (tertiary/aromatic N) is 1. The highest BCUT2D eigenvalue weighted by atomic mass is 35.5. The molecule has 0 aliphatic rings. The molecular formula is C12H6ClFN2OS. The number of halogens is 2. The van der Waals surface area contributed by atoms with Gasteiger partial charge in [-0.25, -0.2) is 9.37 Å². The van der Waals surface area contributed by atoms with E-state index in [2.05, 4.69) is 9.97 Å². The second kappa shape index (κ2) is 4.19. The second-order valence-electron chi connectivity index (χ2n) is 3.69. The van der Waals surface area contributed by atoms with Crippen molar-refractivity contribution >= 4 is 33.8 Å². The van der Waals surface area contributed by atoms with E-state index in [4.69, 9.17) is 11.6 Å². The Hall–Kier alpha value is -1.72. The minimum atomic E-state index is -0.504. The van der Waals surface area contributed by atoms with Crippen LogP contribution in [0.1, 0.15) is 0 Å². The minimum absolute atomic E-state index is 0.0617. The zero-order chi connectivity index (χ0) is 12.7. The smallest absolute Gasteiger partial charge is 0.260 e. The molecule has 1 aromatic carbocycles. The number of nitrogens with one attached hydrogen (secondary N) is 1. The highest BCUT2D eigenvalue weighted by molar-refractivity contribution is 7.15. The van der Waals surface area contributed by atoms with E-state index in [1.807, 2.05) is 0 Å². The van der Waals surface area contributed by atoms with Gasteiger partial charge in [0.2, 0.25) is 0 Å². The molecule has 0 saturated carbocycles. The lowest BCUT2D eigenvalue weighted by Gasteiger charge is -2.00. The summed E-state index contributed by atoms with van der Waals surface area (Å²) in [6, 6.07) is 4.48. The number of aromatic nitrogens is 2. The van der Waals surface area contributed by atoms with Gasteiger partial charge in [0.05, 0.1) is 22.3 Å². The lowest BCUT2D eigenvalue weighted by molar-refractivity contribution is 0.629. The summed E-state index contributed by atoms with van der Waals surface area (Å²) in [6.07, 6.45) is 1.35. The number of hydrogen-bond donors (Lipinski definition) is 1. The number of rotatable bonds is 1. The third-order valence-corrected chi connectivity index (χ3v) is 3.90. The van der Waals surface area contributed by atoms with Crippen LogP contribution >= 0.6 is 22.9 Å². The third kappa shape index (κ3) is 1.72. The first kappa shape index (κ1) is 11.4. The maximum Gasteiger partial charge on any atom is 0.260 e. The molecule has 0 aliphatic carbocycles. The van der Waals surface area contributed by atoms with E-state index in [1.165, 1.54) is 29.8 Å². The zero-order valence-electron chi connectivity index (χ0n) is 8.91. The molecule has 0 amide bonds. The predicted octanol–water partition coefficient (Wildman–Crippen LogP) is 3.44. The first-order chi connectivity index (χ1) is 8.66. The van der Waals surface area contributed by atoms with Crippen LogP contribution in [-0.4, -0.2) is 9.97 Å². The number of benzene rings is 1. The van der Waals surface area contributed by atoms with Gasteiger partial charge in [-0.05, 0) is 17.7 Å². The van der Waals surface area contributed by atoms with E-state index in [0.717, 1.165) is 0 Å². The van der Waals surface area contributed by atoms with Gasteiger partial charge in [0.25, 0.3) is 5.56 Å². The zero-order valence-corrected chi connectivity index (χ0v) is 10.5. The van der Waals surface area contributed by atoms with Crippen LogP contribution in [0.3, 0.4) is 0 Å². The van der Waals surface area contributed by atoms with Gasteiger partial charge in [-0.2, -0.15) is 0 Å². The summed E-state index contributed by atoms with van der Waals surface area (Å²) in [7, 11) is 0. The molecule has 0 unspecified atom stereocenters. The van der Waals surface area contributed by atoms with E-state index >= 15 is 0 Å². The molecule has 90 valence electrons. The normalized spacial score (nSPS) is 11.0. The maximum atomic E-state index is 13.4. The Balaban J connectivity index is 2.32. The number of thiophene rings is 1. The van der Waals surface area contributed by atoms with Gasteiger partial charge in [-0.3, -0.25) is 4.79 Å². The molecule has 3 aromatic rings. The van der Waals surface area contributed by atoms with E-state index in [1.54, 1.807) is 11.4 Å². The van der Waals surface area contributed by atoms with Gasteiger partial charge >= 0.3 is 0 Å². The first-order valence-electron chi connectivity index (χ1n) is 5.07. The lowest BCUT2D eigenvalue weighted by Crippen LogP contribution is -2.05. The fraction of sp³-hybridized carbons (Fsp3) is 0. The van der Waals surface area contributed by atoms with Crippen LogP contribution < -0.4 is 5.56 Å². The van der Waals surface area contributed by atoms with Crippen molar-refractivity contribution in [2.24, 2.45) is 0 Å². The van der Waals surface area contributed by atoms with Crippen molar-refractivity contribution in [1.82, 2.24) is 9.97 Å². The average molecular weight is 281 g/mol. The summed E-state index contributed by atoms with van der Waals surface area (Å²) in [4.78, 5) is 19.0. The summed E-state index contributed by atoms with van der Waals surface area (Å²) in [5.41, 5.74) is 0.996. The van der Waals surface area contributed by atoms with Crippen molar-refractivity contribution in [2.45, 2.75) is 0 Å². The number of H-pyrrole nitrogens is 1. The molecule has 0 fully saturated rings. The van der Waals surface area contributed by atoms with Gasteiger partial charge in [-0.1, -0.05) is 17.7 Å². The monoisotopic (exact) mass is 280 g/mol. The van der Waals surface area contributed by atoms with Crippen LogP contribution in [0, 0.1) is 5.82 Å². The Morgan fingerprint density at radius 3 is 3.00 bits per heavy atom. The molecule has 0 bridgehead atoms. The van der Waals surface area contributed by atoms with Crippen LogP contribution in [0.15, 0.2) is 34.7 Å². The Morgan fingerprint density at radius 2 is 2.22 bits per heavy atom. The summed E-state index contributed by atoms with van der Waals surface area (Å²) in [6.45, 7) is 0. The van der Waals surface area contributed by atoms with Crippen molar-refractivity contribution in [2.75, 3.05) is 0 Å². The standard InChI is InChI=1S/C12H6ClFN2OS/c13-7-2-1-6(3-8(7)14)11-10-9(4-18-11)15-5-16-12(10)17/h1-5H,(H,15,16,17). The molecule has 0 spiro atoms. The van der Waals surface area contributed by atoms with Gasteiger partial charge in [0, 0.05) is 10.3 Å². The van der Waals surface area contributed by atoms with E-state index in [9.17, 15) is 9.18 Å². The minimum Gasteiger partial charge on any atom is -0.313 e. The summed E-state index contributed by atoms with van der Waals surface area (Å²) >= 11 is 6.99. The van der Waals surface area contributed by atoms with Gasteiger partial charge in [0.1, 0.15) is 5.82 Å². The van der Waals surface area contributed by atoms with Crippen LogP contribution in [0.2, 0.25) is 5.02 Å².